The number of ketones is 1. The highest BCUT2D eigenvalue weighted by atomic mass is 32.1. The van der Waals surface area contributed by atoms with Crippen molar-refractivity contribution in [3.8, 4) is 0 Å². The van der Waals surface area contributed by atoms with Gasteiger partial charge in [-0.1, -0.05) is 13.0 Å². The van der Waals surface area contributed by atoms with Crippen LogP contribution in [0.1, 0.15) is 28.1 Å². The lowest BCUT2D eigenvalue weighted by Gasteiger charge is -1.92. The summed E-state index contributed by atoms with van der Waals surface area (Å²) in [6.45, 7) is 1.97. The predicted molar refractivity (Wildman–Crippen MR) is 73.3 cm³/mol. The molecule has 2 nitrogen and oxygen atoms in total. The van der Waals surface area contributed by atoms with Crippen molar-refractivity contribution in [3.63, 3.8) is 0 Å². The minimum atomic E-state index is -0.292. The molecule has 2 aromatic heterocycles. The molecule has 1 aromatic carbocycles. The molecule has 19 heavy (non-hydrogen) atoms. The Morgan fingerprint density at radius 1 is 1.26 bits per heavy atom. The van der Waals surface area contributed by atoms with Crippen molar-refractivity contribution in [2.75, 3.05) is 0 Å². The van der Waals surface area contributed by atoms with E-state index in [0.717, 1.165) is 22.3 Å². The highest BCUT2D eigenvalue weighted by molar-refractivity contribution is 7.21. The van der Waals surface area contributed by atoms with Crippen molar-refractivity contribution < 1.29 is 13.6 Å². The molecule has 0 N–H and O–H groups in total. The summed E-state index contributed by atoms with van der Waals surface area (Å²) in [7, 11) is 0. The molecule has 0 saturated carbocycles. The topological polar surface area (TPSA) is 30.2 Å². The van der Waals surface area contributed by atoms with Crippen LogP contribution in [0.25, 0.3) is 10.1 Å². The van der Waals surface area contributed by atoms with Crippen molar-refractivity contribution in [2.45, 2.75) is 13.3 Å². The van der Waals surface area contributed by atoms with E-state index in [1.165, 1.54) is 23.5 Å². The third kappa shape index (κ3) is 2.19. The van der Waals surface area contributed by atoms with Gasteiger partial charge in [-0.25, -0.2) is 4.39 Å². The molecule has 2 heterocycles. The molecule has 0 spiro atoms. The second-order valence-electron chi connectivity index (χ2n) is 4.24. The summed E-state index contributed by atoms with van der Waals surface area (Å²) in [5, 5.41) is 0.872. The van der Waals surface area contributed by atoms with Crippen LogP contribution in [0.3, 0.4) is 0 Å². The smallest absolute Gasteiger partial charge is 0.238 e. The molecule has 0 aliphatic carbocycles. The number of carbonyl (C=O) groups is 1. The Bertz CT molecular complexity index is 754. The first-order valence-corrected chi connectivity index (χ1v) is 6.81. The van der Waals surface area contributed by atoms with Crippen LogP contribution in [0.5, 0.6) is 0 Å². The van der Waals surface area contributed by atoms with Crippen molar-refractivity contribution >= 4 is 27.2 Å². The molecule has 0 aliphatic rings. The summed E-state index contributed by atoms with van der Waals surface area (Å²) in [5.41, 5.74) is 0. The van der Waals surface area contributed by atoms with Gasteiger partial charge < -0.3 is 4.42 Å². The van der Waals surface area contributed by atoms with Crippen LogP contribution in [0.4, 0.5) is 4.39 Å². The van der Waals surface area contributed by atoms with Gasteiger partial charge in [-0.05, 0) is 35.7 Å². The zero-order chi connectivity index (χ0) is 13.4. The van der Waals surface area contributed by atoms with E-state index in [4.69, 9.17) is 4.42 Å². The average molecular weight is 274 g/mol. The molecule has 96 valence electrons. The molecule has 0 amide bonds. The SMILES string of the molecule is CCc1ccc(C(=O)c2cc3ccc(F)cc3s2)o1. The minimum absolute atomic E-state index is 0.152. The lowest BCUT2D eigenvalue weighted by molar-refractivity contribution is 0.101. The number of furan rings is 1. The number of benzene rings is 1. The summed E-state index contributed by atoms with van der Waals surface area (Å²) in [6, 6.07) is 9.78. The molecular weight excluding hydrogens is 263 g/mol. The molecule has 0 radical (unpaired) electrons. The molecule has 4 heteroatoms. The first-order chi connectivity index (χ1) is 9.17. The number of aryl methyl sites for hydroxylation is 1. The summed E-state index contributed by atoms with van der Waals surface area (Å²) >= 11 is 1.28. The zero-order valence-corrected chi connectivity index (χ0v) is 11.1. The number of rotatable bonds is 3. The maximum Gasteiger partial charge on any atom is 0.238 e. The third-order valence-corrected chi connectivity index (χ3v) is 4.04. The van der Waals surface area contributed by atoms with Crippen molar-refractivity contribution in [1.82, 2.24) is 0 Å². The van der Waals surface area contributed by atoms with Gasteiger partial charge in [0.25, 0.3) is 0 Å². The van der Waals surface area contributed by atoms with Gasteiger partial charge in [0.2, 0.25) is 5.78 Å². The van der Waals surface area contributed by atoms with E-state index in [1.54, 1.807) is 24.3 Å². The summed E-state index contributed by atoms with van der Waals surface area (Å²) in [6.07, 6.45) is 0.755. The normalized spacial score (nSPS) is 11.1. The molecule has 0 aliphatic heterocycles. The molecule has 0 fully saturated rings. The molecule has 0 atom stereocenters. The van der Waals surface area contributed by atoms with E-state index >= 15 is 0 Å². The Hall–Kier alpha value is -1.94. The highest BCUT2D eigenvalue weighted by Gasteiger charge is 2.16. The van der Waals surface area contributed by atoms with Crippen molar-refractivity contribution in [2.24, 2.45) is 0 Å². The fraction of sp³-hybridized carbons (Fsp3) is 0.133. The monoisotopic (exact) mass is 274 g/mol. The van der Waals surface area contributed by atoms with E-state index in [0.29, 0.717) is 10.6 Å². The standard InChI is InChI=1S/C15H11FO2S/c1-2-11-5-6-12(18-11)15(17)14-7-9-3-4-10(16)8-13(9)19-14/h3-8H,2H2,1H3. The van der Waals surface area contributed by atoms with E-state index in [2.05, 4.69) is 0 Å². The maximum absolute atomic E-state index is 13.1. The van der Waals surface area contributed by atoms with Crippen LogP contribution in [0, 0.1) is 5.82 Å². The van der Waals surface area contributed by atoms with Crippen LogP contribution in [0.15, 0.2) is 40.8 Å². The lowest BCUT2D eigenvalue weighted by atomic mass is 10.2. The third-order valence-electron chi connectivity index (χ3n) is 2.94. The molecule has 0 bridgehead atoms. The van der Waals surface area contributed by atoms with Crippen LogP contribution in [0.2, 0.25) is 0 Å². The Morgan fingerprint density at radius 3 is 2.84 bits per heavy atom. The van der Waals surface area contributed by atoms with E-state index in [1.807, 2.05) is 6.92 Å². The van der Waals surface area contributed by atoms with Crippen LogP contribution in [-0.2, 0) is 6.42 Å². The molecule has 3 aromatic rings. The average Bonchev–Trinajstić information content (AvgIpc) is 3.03. The van der Waals surface area contributed by atoms with E-state index in [9.17, 15) is 9.18 Å². The number of hydrogen-bond acceptors (Lipinski definition) is 3. The Kier molecular flexibility index (Phi) is 2.95. The maximum atomic E-state index is 13.1. The Labute approximate surface area is 113 Å². The number of fused-ring (bicyclic) bond motifs is 1. The quantitative estimate of drug-likeness (QED) is 0.661. The highest BCUT2D eigenvalue weighted by Crippen LogP contribution is 2.28. The number of hydrogen-bond donors (Lipinski definition) is 0. The molecule has 0 unspecified atom stereocenters. The largest absolute Gasteiger partial charge is 0.458 e. The van der Waals surface area contributed by atoms with E-state index < -0.39 is 0 Å². The van der Waals surface area contributed by atoms with Gasteiger partial charge in [0.1, 0.15) is 11.6 Å². The minimum Gasteiger partial charge on any atom is -0.458 e. The summed E-state index contributed by atoms with van der Waals surface area (Å²) < 4.78 is 19.3. The number of halogens is 1. The predicted octanol–water partition coefficient (Wildman–Crippen LogP) is 4.43. The van der Waals surface area contributed by atoms with Crippen LogP contribution >= 0.6 is 11.3 Å². The molecular formula is C15H11FO2S. The van der Waals surface area contributed by atoms with E-state index in [-0.39, 0.29) is 11.6 Å². The van der Waals surface area contributed by atoms with Crippen molar-refractivity contribution in [3.05, 3.63) is 58.6 Å². The Morgan fingerprint density at radius 2 is 2.11 bits per heavy atom. The first kappa shape index (κ1) is 12.1. The fourth-order valence-corrected chi connectivity index (χ4v) is 2.96. The second kappa shape index (κ2) is 4.63. The van der Waals surface area contributed by atoms with Gasteiger partial charge in [0.15, 0.2) is 5.76 Å². The van der Waals surface area contributed by atoms with Gasteiger partial charge in [0.05, 0.1) is 4.88 Å². The van der Waals surface area contributed by atoms with Gasteiger partial charge in [-0.2, -0.15) is 0 Å². The van der Waals surface area contributed by atoms with Crippen LogP contribution in [-0.4, -0.2) is 5.78 Å². The van der Waals surface area contributed by atoms with Gasteiger partial charge in [0, 0.05) is 11.1 Å². The number of thiophene rings is 1. The van der Waals surface area contributed by atoms with Gasteiger partial charge in [-0.3, -0.25) is 4.79 Å². The van der Waals surface area contributed by atoms with Crippen molar-refractivity contribution in [1.29, 1.82) is 0 Å². The molecule has 3 rings (SSSR count). The fourth-order valence-electron chi connectivity index (χ4n) is 1.93. The second-order valence-corrected chi connectivity index (χ2v) is 5.33. The Balaban J connectivity index is 2.01. The molecule has 0 saturated heterocycles. The van der Waals surface area contributed by atoms with Gasteiger partial charge in [-0.15, -0.1) is 11.3 Å². The number of carbonyl (C=O) groups excluding carboxylic acids is 1. The summed E-state index contributed by atoms with van der Waals surface area (Å²) in [5.74, 6) is 0.681. The zero-order valence-electron chi connectivity index (χ0n) is 10.3. The van der Waals surface area contributed by atoms with Gasteiger partial charge >= 0.3 is 0 Å². The van der Waals surface area contributed by atoms with Crippen LogP contribution < -0.4 is 0 Å². The first-order valence-electron chi connectivity index (χ1n) is 6.00. The lowest BCUT2D eigenvalue weighted by Crippen LogP contribution is -1.95. The summed E-state index contributed by atoms with van der Waals surface area (Å²) in [4.78, 5) is 12.8.